The van der Waals surface area contributed by atoms with Gasteiger partial charge in [-0.05, 0) is 56.0 Å². The van der Waals surface area contributed by atoms with E-state index in [1.165, 1.54) is 12.1 Å². The van der Waals surface area contributed by atoms with Crippen molar-refractivity contribution in [2.75, 3.05) is 19.6 Å². The molecule has 1 saturated heterocycles. The summed E-state index contributed by atoms with van der Waals surface area (Å²) >= 11 is 0. The van der Waals surface area contributed by atoms with Gasteiger partial charge in [0.2, 0.25) is 5.91 Å². The van der Waals surface area contributed by atoms with Gasteiger partial charge in [0.25, 0.3) is 0 Å². The summed E-state index contributed by atoms with van der Waals surface area (Å²) in [4.78, 5) is 26.7. The van der Waals surface area contributed by atoms with E-state index in [1.54, 1.807) is 12.1 Å². The highest BCUT2D eigenvalue weighted by Crippen LogP contribution is 2.31. The number of amides is 1. The number of allylic oxidation sites excluding steroid dienone is 1. The standard InChI is InChI=1S/C26H33FN4O/c1-19(2)25-28-15-21(16-29-25)17-30-13-10-22(11-14-30)24-5-3-4-12-31(26(24)32)18-20-6-8-23(27)9-7-20/h3-4,6-9,15-16,19,22,24H,5,10-14,17-18H2,1-2H3/t24-/m1/s1. The molecule has 0 N–H and O–H groups in total. The number of halogens is 1. The number of aromatic nitrogens is 2. The number of hydrogen-bond acceptors (Lipinski definition) is 4. The zero-order chi connectivity index (χ0) is 22.5. The van der Waals surface area contributed by atoms with Gasteiger partial charge in [-0.15, -0.1) is 0 Å². The summed E-state index contributed by atoms with van der Waals surface area (Å²) in [7, 11) is 0. The number of hydrogen-bond donors (Lipinski definition) is 0. The van der Waals surface area contributed by atoms with Crippen LogP contribution in [0.3, 0.4) is 0 Å². The fourth-order valence-corrected chi connectivity index (χ4v) is 4.73. The Bertz CT molecular complexity index is 918. The van der Waals surface area contributed by atoms with E-state index in [9.17, 15) is 9.18 Å². The minimum absolute atomic E-state index is 0.0324. The lowest BCUT2D eigenvalue weighted by Crippen LogP contribution is -2.42. The monoisotopic (exact) mass is 436 g/mol. The molecule has 4 rings (SSSR count). The molecule has 0 saturated carbocycles. The Kier molecular flexibility index (Phi) is 7.30. The highest BCUT2D eigenvalue weighted by molar-refractivity contribution is 5.80. The molecule has 1 amide bonds. The smallest absolute Gasteiger partial charge is 0.226 e. The molecule has 1 aromatic carbocycles. The first-order valence-electron chi connectivity index (χ1n) is 11.7. The predicted octanol–water partition coefficient (Wildman–Crippen LogP) is 4.56. The second-order valence-electron chi connectivity index (χ2n) is 9.38. The first kappa shape index (κ1) is 22.6. The van der Waals surface area contributed by atoms with Crippen molar-refractivity contribution in [2.45, 2.75) is 52.1 Å². The van der Waals surface area contributed by atoms with Crippen molar-refractivity contribution in [3.63, 3.8) is 0 Å². The average Bonchev–Trinajstić information content (AvgIpc) is 2.98. The molecule has 6 heteroatoms. The Morgan fingerprint density at radius 3 is 2.34 bits per heavy atom. The lowest BCUT2D eigenvalue weighted by Gasteiger charge is -2.36. The third-order valence-corrected chi connectivity index (χ3v) is 6.65. The molecule has 32 heavy (non-hydrogen) atoms. The number of piperidine rings is 1. The first-order chi connectivity index (χ1) is 15.5. The van der Waals surface area contributed by atoms with Crippen LogP contribution >= 0.6 is 0 Å². The Morgan fingerprint density at radius 1 is 1.00 bits per heavy atom. The largest absolute Gasteiger partial charge is 0.334 e. The van der Waals surface area contributed by atoms with E-state index in [2.05, 4.69) is 40.9 Å². The number of carbonyl (C=O) groups is 1. The molecule has 0 unspecified atom stereocenters. The van der Waals surface area contributed by atoms with Crippen molar-refractivity contribution in [1.82, 2.24) is 19.8 Å². The van der Waals surface area contributed by atoms with Crippen LogP contribution in [0.1, 0.15) is 56.0 Å². The van der Waals surface area contributed by atoms with Gasteiger partial charge in [0, 0.05) is 49.4 Å². The molecular weight excluding hydrogens is 403 g/mol. The van der Waals surface area contributed by atoms with Gasteiger partial charge in [-0.2, -0.15) is 0 Å². The molecule has 0 aliphatic carbocycles. The minimum atomic E-state index is -0.247. The van der Waals surface area contributed by atoms with Crippen molar-refractivity contribution in [1.29, 1.82) is 0 Å². The van der Waals surface area contributed by atoms with E-state index in [0.717, 1.165) is 55.8 Å². The van der Waals surface area contributed by atoms with E-state index < -0.39 is 0 Å². The molecule has 1 atom stereocenters. The highest BCUT2D eigenvalue weighted by Gasteiger charge is 2.34. The third-order valence-electron chi connectivity index (χ3n) is 6.65. The van der Waals surface area contributed by atoms with Crippen LogP contribution in [0.5, 0.6) is 0 Å². The van der Waals surface area contributed by atoms with Crippen LogP contribution in [0.15, 0.2) is 48.8 Å². The van der Waals surface area contributed by atoms with Crippen molar-refractivity contribution < 1.29 is 9.18 Å². The molecule has 2 aromatic rings. The SMILES string of the molecule is CC(C)c1ncc(CN2CCC([C@H]3CC=CCN(Cc4ccc(F)cc4)C3=O)CC2)cn1. The summed E-state index contributed by atoms with van der Waals surface area (Å²) in [5.74, 6) is 1.64. The molecule has 3 heterocycles. The Labute approximate surface area is 190 Å². The van der Waals surface area contributed by atoms with Crippen molar-refractivity contribution in [3.8, 4) is 0 Å². The van der Waals surface area contributed by atoms with Gasteiger partial charge in [-0.25, -0.2) is 14.4 Å². The molecule has 1 fully saturated rings. The quantitative estimate of drug-likeness (QED) is 0.623. The van der Waals surface area contributed by atoms with Gasteiger partial charge in [-0.3, -0.25) is 9.69 Å². The number of likely N-dealkylation sites (tertiary alicyclic amines) is 1. The van der Waals surface area contributed by atoms with Crippen LogP contribution in [0.25, 0.3) is 0 Å². The maximum atomic E-state index is 13.4. The van der Waals surface area contributed by atoms with Crippen molar-refractivity contribution >= 4 is 5.91 Å². The molecule has 0 spiro atoms. The molecule has 5 nitrogen and oxygen atoms in total. The molecule has 2 aliphatic heterocycles. The summed E-state index contributed by atoms with van der Waals surface area (Å²) in [5, 5.41) is 0. The lowest BCUT2D eigenvalue weighted by molar-refractivity contribution is -0.137. The topological polar surface area (TPSA) is 49.3 Å². The van der Waals surface area contributed by atoms with E-state index in [1.807, 2.05) is 17.3 Å². The minimum Gasteiger partial charge on any atom is -0.334 e. The Morgan fingerprint density at radius 2 is 1.69 bits per heavy atom. The van der Waals surface area contributed by atoms with Gasteiger partial charge in [0.1, 0.15) is 11.6 Å². The molecule has 0 radical (unpaired) electrons. The summed E-state index contributed by atoms with van der Waals surface area (Å²) in [6.07, 6.45) is 11.0. The number of nitrogens with zero attached hydrogens (tertiary/aromatic N) is 4. The van der Waals surface area contributed by atoms with Crippen LogP contribution in [0.4, 0.5) is 4.39 Å². The lowest BCUT2D eigenvalue weighted by atomic mass is 9.81. The summed E-state index contributed by atoms with van der Waals surface area (Å²) in [6.45, 7) is 8.20. The van der Waals surface area contributed by atoms with Crippen LogP contribution in [-0.2, 0) is 17.9 Å². The van der Waals surface area contributed by atoms with Crippen LogP contribution in [0, 0.1) is 17.7 Å². The predicted molar refractivity (Wildman–Crippen MR) is 123 cm³/mol. The van der Waals surface area contributed by atoms with Crippen LogP contribution in [0.2, 0.25) is 0 Å². The summed E-state index contributed by atoms with van der Waals surface area (Å²) in [6, 6.07) is 6.45. The molecule has 170 valence electrons. The Hall–Kier alpha value is -2.60. The van der Waals surface area contributed by atoms with Gasteiger partial charge < -0.3 is 4.90 Å². The van der Waals surface area contributed by atoms with Gasteiger partial charge in [-0.1, -0.05) is 38.1 Å². The maximum absolute atomic E-state index is 13.4. The van der Waals surface area contributed by atoms with E-state index >= 15 is 0 Å². The first-order valence-corrected chi connectivity index (χ1v) is 11.7. The van der Waals surface area contributed by atoms with Crippen LogP contribution < -0.4 is 0 Å². The summed E-state index contributed by atoms with van der Waals surface area (Å²) < 4.78 is 13.2. The normalized spacial score (nSPS) is 20.7. The second-order valence-corrected chi connectivity index (χ2v) is 9.38. The Balaban J connectivity index is 1.33. The number of rotatable bonds is 6. The highest BCUT2D eigenvalue weighted by atomic mass is 19.1. The van der Waals surface area contributed by atoms with Crippen molar-refractivity contribution in [3.05, 3.63) is 71.6 Å². The van der Waals surface area contributed by atoms with Gasteiger partial charge >= 0.3 is 0 Å². The molecule has 2 aliphatic rings. The van der Waals surface area contributed by atoms with Gasteiger partial charge in [0.15, 0.2) is 0 Å². The van der Waals surface area contributed by atoms with E-state index in [4.69, 9.17) is 0 Å². The fourth-order valence-electron chi connectivity index (χ4n) is 4.73. The van der Waals surface area contributed by atoms with Crippen molar-refractivity contribution in [2.24, 2.45) is 11.8 Å². The average molecular weight is 437 g/mol. The van der Waals surface area contributed by atoms with Crippen LogP contribution in [-0.4, -0.2) is 45.3 Å². The third kappa shape index (κ3) is 5.60. The van der Waals surface area contributed by atoms with E-state index in [0.29, 0.717) is 24.9 Å². The fraction of sp³-hybridized carbons (Fsp3) is 0.500. The summed E-state index contributed by atoms with van der Waals surface area (Å²) in [5.41, 5.74) is 2.11. The number of carbonyl (C=O) groups excluding carboxylic acids is 1. The zero-order valence-electron chi connectivity index (χ0n) is 19.1. The number of benzene rings is 1. The van der Waals surface area contributed by atoms with E-state index in [-0.39, 0.29) is 17.6 Å². The molecule has 0 bridgehead atoms. The van der Waals surface area contributed by atoms with Gasteiger partial charge in [0.05, 0.1) is 0 Å². The molecule has 1 aromatic heterocycles. The second kappa shape index (κ2) is 10.3. The maximum Gasteiger partial charge on any atom is 0.226 e. The zero-order valence-corrected chi connectivity index (χ0v) is 19.1. The molecular formula is C26H33FN4O.